The van der Waals surface area contributed by atoms with Crippen LogP contribution in [0.3, 0.4) is 0 Å². The second kappa shape index (κ2) is 14.2. The summed E-state index contributed by atoms with van der Waals surface area (Å²) in [5, 5.41) is 17.0. The molecule has 11 heteroatoms. The molecule has 0 atom stereocenters. The van der Waals surface area contributed by atoms with Crippen LogP contribution >= 0.6 is 7.82 Å². The van der Waals surface area contributed by atoms with E-state index in [4.69, 9.17) is 20.0 Å². The third kappa shape index (κ3) is 12.4. The first-order valence-corrected chi connectivity index (χ1v) is 12.7. The van der Waals surface area contributed by atoms with E-state index < -0.39 is 25.7 Å². The van der Waals surface area contributed by atoms with Crippen molar-refractivity contribution in [3.63, 3.8) is 0 Å². The highest BCUT2D eigenvalue weighted by Gasteiger charge is 2.20. The van der Waals surface area contributed by atoms with E-state index in [1.165, 1.54) is 12.1 Å². The molecule has 0 fully saturated rings. The number of aryl methyl sites for hydroxylation is 2. The molecule has 3 aromatic carbocycles. The summed E-state index contributed by atoms with van der Waals surface area (Å²) < 4.78 is 14.0. The lowest BCUT2D eigenvalue weighted by molar-refractivity contribution is -0.166. The van der Waals surface area contributed by atoms with Gasteiger partial charge in [-0.05, 0) is 61.2 Å². The average molecular weight is 547 g/mol. The lowest BCUT2D eigenvalue weighted by Gasteiger charge is -2.18. The number of aromatic carboxylic acids is 2. The van der Waals surface area contributed by atoms with E-state index in [-0.39, 0.29) is 11.0 Å². The van der Waals surface area contributed by atoms with Crippen LogP contribution in [-0.4, -0.2) is 37.9 Å². The largest absolute Gasteiger partial charge is 0.505 e. The van der Waals surface area contributed by atoms with Crippen molar-refractivity contribution in [2.45, 2.75) is 40.0 Å². The van der Waals surface area contributed by atoms with Crippen LogP contribution in [0.25, 0.3) is 0 Å². The van der Waals surface area contributed by atoms with Crippen molar-refractivity contribution >= 4 is 25.7 Å². The van der Waals surface area contributed by atoms with E-state index in [0.717, 1.165) is 16.7 Å². The summed E-state index contributed by atoms with van der Waals surface area (Å²) in [5.41, 5.74) is 3.95. The van der Waals surface area contributed by atoms with Crippen LogP contribution in [0.1, 0.15) is 68.5 Å². The maximum absolute atomic E-state index is 11.4. The number of benzene rings is 3. The zero-order valence-electron chi connectivity index (χ0n) is 21.6. The molecule has 0 saturated carbocycles. The van der Waals surface area contributed by atoms with Crippen LogP contribution in [0.4, 0.5) is 0 Å². The van der Waals surface area contributed by atoms with Crippen molar-refractivity contribution in [1.82, 2.24) is 0 Å². The summed E-state index contributed by atoms with van der Waals surface area (Å²) in [6.45, 7) is 9.92. The Morgan fingerprint density at radius 1 is 0.658 bits per heavy atom. The summed E-state index contributed by atoms with van der Waals surface area (Å²) in [5.74, 6) is -2.71. The lowest BCUT2D eigenvalue weighted by Crippen LogP contribution is -2.11. The SMILES string of the molecule is CC(C)(C)c1ccc(C(=O)OOP(=O)(O)O)cc1.Cc1ccc(C(=O)O)cc1.Cc1ccc(C(=O)O)cc1. The number of carboxylic acid groups (broad SMARTS) is 2. The highest BCUT2D eigenvalue weighted by Crippen LogP contribution is 2.36. The molecule has 204 valence electrons. The summed E-state index contributed by atoms with van der Waals surface area (Å²) >= 11 is 0. The number of hydrogen-bond donors (Lipinski definition) is 4. The number of carbonyl (C=O) groups is 3. The van der Waals surface area contributed by atoms with Gasteiger partial charge in [-0.2, -0.15) is 0 Å². The van der Waals surface area contributed by atoms with E-state index >= 15 is 0 Å². The Hall–Kier alpha value is -3.82. The number of rotatable bonds is 5. The molecule has 4 N–H and O–H groups in total. The van der Waals surface area contributed by atoms with Crippen molar-refractivity contribution in [1.29, 1.82) is 0 Å². The molecule has 3 rings (SSSR count). The minimum Gasteiger partial charge on any atom is -0.478 e. The Bertz CT molecular complexity index is 1200. The Morgan fingerprint density at radius 3 is 1.29 bits per heavy atom. The van der Waals surface area contributed by atoms with Gasteiger partial charge >= 0.3 is 25.7 Å². The van der Waals surface area contributed by atoms with Gasteiger partial charge < -0.3 is 20.0 Å². The van der Waals surface area contributed by atoms with Crippen LogP contribution in [-0.2, 0) is 19.5 Å². The van der Waals surface area contributed by atoms with Crippen molar-refractivity contribution in [3.8, 4) is 0 Å². The van der Waals surface area contributed by atoms with Gasteiger partial charge in [-0.25, -0.2) is 18.9 Å². The van der Waals surface area contributed by atoms with Gasteiger partial charge in [0.05, 0.1) is 16.7 Å². The Labute approximate surface area is 220 Å². The van der Waals surface area contributed by atoms with Gasteiger partial charge in [-0.3, -0.25) is 4.89 Å². The second-order valence-corrected chi connectivity index (χ2v) is 10.2. The molecular weight excluding hydrogens is 515 g/mol. The molecule has 3 aromatic rings. The molecule has 0 aromatic heterocycles. The minimum atomic E-state index is -4.82. The Balaban J connectivity index is 0.000000307. The van der Waals surface area contributed by atoms with Gasteiger partial charge in [0.25, 0.3) is 0 Å². The summed E-state index contributed by atoms with van der Waals surface area (Å²) in [4.78, 5) is 52.8. The number of carboxylic acids is 2. The molecule has 0 amide bonds. The predicted molar refractivity (Wildman–Crippen MR) is 140 cm³/mol. The van der Waals surface area contributed by atoms with Crippen molar-refractivity contribution in [2.75, 3.05) is 0 Å². The first kappa shape index (κ1) is 32.2. The zero-order chi connectivity index (χ0) is 29.1. The van der Waals surface area contributed by atoms with E-state index in [1.807, 2.05) is 34.6 Å². The lowest BCUT2D eigenvalue weighted by atomic mass is 9.87. The highest BCUT2D eigenvalue weighted by atomic mass is 31.2. The molecule has 0 saturated heterocycles. The van der Waals surface area contributed by atoms with Crippen LogP contribution in [0.5, 0.6) is 0 Å². The standard InChI is InChI=1S/C11H15O6P.2C8H8O2/c1-11(2,3)9-6-4-8(5-7-9)10(12)16-17-18(13,14)15;2*1-6-2-4-7(5-3-6)8(9)10/h4-7H,1-3H3,(H2,13,14,15);2*2-5H,1H3,(H,9,10). The molecule has 0 aliphatic rings. The predicted octanol–water partition coefficient (Wildman–Crippen LogP) is 5.55. The van der Waals surface area contributed by atoms with Crippen LogP contribution in [0.2, 0.25) is 0 Å². The molecule has 0 bridgehead atoms. The second-order valence-electron chi connectivity index (χ2n) is 9.11. The molecular formula is C27H31O10P. The van der Waals surface area contributed by atoms with Crippen LogP contribution in [0, 0.1) is 13.8 Å². The summed E-state index contributed by atoms with van der Waals surface area (Å²) in [7, 11) is -4.82. The minimum absolute atomic E-state index is 0.0508. The molecule has 0 spiro atoms. The summed E-state index contributed by atoms with van der Waals surface area (Å²) in [6.07, 6.45) is 0. The molecule has 38 heavy (non-hydrogen) atoms. The van der Waals surface area contributed by atoms with Crippen molar-refractivity contribution in [2.24, 2.45) is 0 Å². The first-order chi connectivity index (χ1) is 17.5. The Morgan fingerprint density at radius 2 is 1.00 bits per heavy atom. The van der Waals surface area contributed by atoms with Gasteiger partial charge in [0.2, 0.25) is 0 Å². The molecule has 0 aliphatic carbocycles. The number of hydrogen-bond acceptors (Lipinski definition) is 6. The molecule has 0 heterocycles. The monoisotopic (exact) mass is 546 g/mol. The van der Waals surface area contributed by atoms with Crippen molar-refractivity contribution in [3.05, 3.63) is 106 Å². The van der Waals surface area contributed by atoms with E-state index in [2.05, 4.69) is 9.56 Å². The van der Waals surface area contributed by atoms with Crippen LogP contribution in [0.15, 0.2) is 72.8 Å². The smallest absolute Gasteiger partial charge is 0.478 e. The number of carbonyl (C=O) groups excluding carboxylic acids is 1. The van der Waals surface area contributed by atoms with E-state index in [9.17, 15) is 18.9 Å². The van der Waals surface area contributed by atoms with Gasteiger partial charge in [0, 0.05) is 0 Å². The first-order valence-electron chi connectivity index (χ1n) is 11.2. The van der Waals surface area contributed by atoms with Gasteiger partial charge in [0.15, 0.2) is 0 Å². The zero-order valence-corrected chi connectivity index (χ0v) is 22.5. The average Bonchev–Trinajstić information content (AvgIpc) is 2.83. The van der Waals surface area contributed by atoms with Gasteiger partial charge in [0.1, 0.15) is 0 Å². The fraction of sp³-hybridized carbons (Fsp3) is 0.222. The molecule has 0 radical (unpaired) electrons. The fourth-order valence-electron chi connectivity index (χ4n) is 2.63. The molecule has 10 nitrogen and oxygen atoms in total. The maximum atomic E-state index is 11.4. The highest BCUT2D eigenvalue weighted by molar-refractivity contribution is 7.46. The number of phosphoric acid groups is 1. The van der Waals surface area contributed by atoms with Gasteiger partial charge in [-0.1, -0.05) is 73.0 Å². The van der Waals surface area contributed by atoms with Crippen molar-refractivity contribution < 1.29 is 48.5 Å². The molecule has 0 aliphatic heterocycles. The maximum Gasteiger partial charge on any atom is 0.505 e. The topological polar surface area (TPSA) is 168 Å². The van der Waals surface area contributed by atoms with Gasteiger partial charge in [-0.15, -0.1) is 0 Å². The molecule has 0 unspecified atom stereocenters. The normalized spacial score (nSPS) is 10.7. The third-order valence-electron chi connectivity index (χ3n) is 4.79. The van der Waals surface area contributed by atoms with Crippen LogP contribution < -0.4 is 0 Å². The summed E-state index contributed by atoms with van der Waals surface area (Å²) in [6, 6.07) is 20.0. The fourth-order valence-corrected chi connectivity index (χ4v) is 2.79. The quantitative estimate of drug-likeness (QED) is 0.181. The third-order valence-corrected chi connectivity index (χ3v) is 5.06. The van der Waals surface area contributed by atoms with E-state index in [1.54, 1.807) is 60.7 Å². The Kier molecular flexibility index (Phi) is 12.0. The van der Waals surface area contributed by atoms with E-state index in [0.29, 0.717) is 11.1 Å².